The Balaban J connectivity index is 3.31. The van der Waals surface area contributed by atoms with E-state index in [4.69, 9.17) is 4.74 Å². The minimum Gasteiger partial charge on any atom is -0.471 e. The van der Waals surface area contributed by atoms with Gasteiger partial charge >= 0.3 is 0 Å². The third-order valence-electron chi connectivity index (χ3n) is 3.34. The molecule has 1 heterocycles. The van der Waals surface area contributed by atoms with Gasteiger partial charge < -0.3 is 10.1 Å². The Labute approximate surface area is 123 Å². The molecule has 0 saturated heterocycles. The molecule has 1 aromatic heterocycles. The highest BCUT2D eigenvalue weighted by Gasteiger charge is 2.25. The Hall–Kier alpha value is -1.32. The maximum atomic E-state index is 6.11. The fourth-order valence-corrected chi connectivity index (χ4v) is 1.60. The molecule has 0 fully saturated rings. The highest BCUT2D eigenvalue weighted by molar-refractivity contribution is 5.49. The predicted molar refractivity (Wildman–Crippen MR) is 84.6 cm³/mol. The molecule has 114 valence electrons. The van der Waals surface area contributed by atoms with Crippen molar-refractivity contribution >= 4 is 5.82 Å². The molecule has 1 aromatic rings. The van der Waals surface area contributed by atoms with Crippen LogP contribution in [0.2, 0.25) is 0 Å². The molecule has 1 rings (SSSR count). The lowest BCUT2D eigenvalue weighted by Crippen LogP contribution is -2.29. The van der Waals surface area contributed by atoms with Crippen LogP contribution in [0, 0.1) is 6.92 Å². The van der Waals surface area contributed by atoms with Gasteiger partial charge in [-0.05, 0) is 34.1 Å². The topological polar surface area (TPSA) is 47.0 Å². The summed E-state index contributed by atoms with van der Waals surface area (Å²) in [5, 5.41) is 3.30. The van der Waals surface area contributed by atoms with Gasteiger partial charge in [0.2, 0.25) is 5.88 Å². The van der Waals surface area contributed by atoms with Crippen molar-refractivity contribution in [3.63, 3.8) is 0 Å². The maximum absolute atomic E-state index is 6.11. The number of nitrogens with one attached hydrogen (secondary N) is 1. The summed E-state index contributed by atoms with van der Waals surface area (Å²) < 4.78 is 6.11. The number of anilines is 1. The first-order valence-electron chi connectivity index (χ1n) is 7.42. The van der Waals surface area contributed by atoms with Crippen LogP contribution in [0.3, 0.4) is 0 Å². The van der Waals surface area contributed by atoms with Crippen LogP contribution in [0.5, 0.6) is 5.88 Å². The third-order valence-corrected chi connectivity index (χ3v) is 3.34. The Morgan fingerprint density at radius 2 is 1.65 bits per heavy atom. The highest BCUT2D eigenvalue weighted by atomic mass is 16.5. The first kappa shape index (κ1) is 16.7. The average Bonchev–Trinajstić information content (AvgIpc) is 2.32. The first-order valence-corrected chi connectivity index (χ1v) is 7.42. The van der Waals surface area contributed by atoms with Crippen LogP contribution in [-0.4, -0.2) is 22.1 Å². The molecule has 0 aliphatic heterocycles. The van der Waals surface area contributed by atoms with Gasteiger partial charge in [-0.2, -0.15) is 4.98 Å². The van der Waals surface area contributed by atoms with Crippen molar-refractivity contribution in [2.45, 2.75) is 72.8 Å². The summed E-state index contributed by atoms with van der Waals surface area (Å²) in [5.41, 5.74) is 0.644. The zero-order chi connectivity index (χ0) is 15.6. The average molecular weight is 279 g/mol. The number of aromatic nitrogens is 2. The molecule has 1 N–H and O–H groups in total. The second kappa shape index (κ2) is 5.98. The van der Waals surface area contributed by atoms with Gasteiger partial charge in [0, 0.05) is 12.0 Å². The fourth-order valence-electron chi connectivity index (χ4n) is 1.60. The van der Waals surface area contributed by atoms with Crippen LogP contribution in [-0.2, 0) is 5.41 Å². The zero-order valence-corrected chi connectivity index (χ0v) is 14.2. The summed E-state index contributed by atoms with van der Waals surface area (Å²) in [5.74, 6) is 2.36. The van der Waals surface area contributed by atoms with Gasteiger partial charge in [0.1, 0.15) is 17.2 Å². The molecule has 0 amide bonds. The van der Waals surface area contributed by atoms with Crippen molar-refractivity contribution < 1.29 is 4.74 Å². The van der Waals surface area contributed by atoms with Gasteiger partial charge in [-0.15, -0.1) is 0 Å². The van der Waals surface area contributed by atoms with Crippen molar-refractivity contribution in [1.82, 2.24) is 9.97 Å². The van der Waals surface area contributed by atoms with Crippen molar-refractivity contribution in [3.05, 3.63) is 11.4 Å². The summed E-state index contributed by atoms with van der Waals surface area (Å²) in [6.45, 7) is 17.5. The lowest BCUT2D eigenvalue weighted by atomic mass is 9.95. The molecule has 0 aliphatic carbocycles. The highest BCUT2D eigenvalue weighted by Crippen LogP contribution is 2.30. The Morgan fingerprint density at radius 3 is 2.10 bits per heavy atom. The van der Waals surface area contributed by atoms with E-state index in [1.165, 1.54) is 0 Å². The van der Waals surface area contributed by atoms with Gasteiger partial charge in [-0.3, -0.25) is 0 Å². The van der Waals surface area contributed by atoms with Crippen LogP contribution < -0.4 is 10.1 Å². The maximum Gasteiger partial charge on any atom is 0.222 e. The minimum absolute atomic E-state index is 0.105. The largest absolute Gasteiger partial charge is 0.471 e. The minimum atomic E-state index is -0.224. The predicted octanol–water partition coefficient (Wildman–Crippen LogP) is 4.08. The lowest BCUT2D eigenvalue weighted by molar-refractivity contribution is 0.0971. The smallest absolute Gasteiger partial charge is 0.222 e. The Kier molecular flexibility index (Phi) is 5.00. The van der Waals surface area contributed by atoms with E-state index in [2.05, 4.69) is 63.8 Å². The molecule has 4 nitrogen and oxygen atoms in total. The molecule has 0 radical (unpaired) electrons. The summed E-state index contributed by atoms with van der Waals surface area (Å²) in [4.78, 5) is 9.29. The number of nitrogens with zero attached hydrogens (tertiary/aromatic N) is 2. The van der Waals surface area contributed by atoms with E-state index in [1.54, 1.807) is 0 Å². The van der Waals surface area contributed by atoms with Gasteiger partial charge in [-0.1, -0.05) is 27.7 Å². The van der Waals surface area contributed by atoms with E-state index >= 15 is 0 Å². The van der Waals surface area contributed by atoms with Crippen molar-refractivity contribution in [2.75, 3.05) is 11.9 Å². The molecular formula is C16H29N3O. The third kappa shape index (κ3) is 4.09. The normalized spacial score (nSPS) is 12.4. The van der Waals surface area contributed by atoms with E-state index in [-0.39, 0.29) is 11.0 Å². The van der Waals surface area contributed by atoms with Crippen LogP contribution in [0.4, 0.5) is 5.82 Å². The summed E-state index contributed by atoms with van der Waals surface area (Å²) in [7, 11) is 0. The number of hydrogen-bond acceptors (Lipinski definition) is 4. The number of ether oxygens (including phenoxy) is 1. The summed E-state index contributed by atoms with van der Waals surface area (Å²) in [6.07, 6.45) is 0.928. The molecule has 20 heavy (non-hydrogen) atoms. The number of hydrogen-bond donors (Lipinski definition) is 1. The Bertz CT molecular complexity index is 462. The number of rotatable bonds is 5. The zero-order valence-electron chi connectivity index (χ0n) is 14.2. The van der Waals surface area contributed by atoms with Crippen molar-refractivity contribution in [1.29, 1.82) is 0 Å². The molecule has 0 aliphatic rings. The molecule has 0 spiro atoms. The van der Waals surface area contributed by atoms with Gasteiger partial charge in [0.15, 0.2) is 0 Å². The molecule has 4 heteroatoms. The first-order chi connectivity index (χ1) is 9.10. The monoisotopic (exact) mass is 279 g/mol. The van der Waals surface area contributed by atoms with Gasteiger partial charge in [0.25, 0.3) is 0 Å². The summed E-state index contributed by atoms with van der Waals surface area (Å²) >= 11 is 0. The lowest BCUT2D eigenvalue weighted by Gasteiger charge is -2.27. The van der Waals surface area contributed by atoms with Crippen molar-refractivity contribution in [3.8, 4) is 5.88 Å². The van der Waals surface area contributed by atoms with E-state index in [0.717, 1.165) is 30.2 Å². The Morgan fingerprint density at radius 1 is 1.05 bits per heavy atom. The van der Waals surface area contributed by atoms with E-state index in [0.29, 0.717) is 5.88 Å². The van der Waals surface area contributed by atoms with Crippen LogP contribution >= 0.6 is 0 Å². The van der Waals surface area contributed by atoms with Crippen LogP contribution in [0.25, 0.3) is 0 Å². The van der Waals surface area contributed by atoms with Crippen LogP contribution in [0.15, 0.2) is 0 Å². The van der Waals surface area contributed by atoms with E-state index in [9.17, 15) is 0 Å². The quantitative estimate of drug-likeness (QED) is 0.882. The van der Waals surface area contributed by atoms with E-state index in [1.807, 2.05) is 6.92 Å². The second-order valence-electron chi connectivity index (χ2n) is 6.82. The van der Waals surface area contributed by atoms with Gasteiger partial charge in [-0.25, -0.2) is 4.98 Å². The van der Waals surface area contributed by atoms with Crippen LogP contribution in [0.1, 0.15) is 66.3 Å². The molecule has 0 unspecified atom stereocenters. The van der Waals surface area contributed by atoms with Crippen molar-refractivity contribution in [2.24, 2.45) is 0 Å². The standard InChI is InChI=1S/C16H29N3O/c1-9-16(7,8)20-13-11(3)12(17-10-2)18-14(19-13)15(4,5)6/h9-10H2,1-8H3,(H,17,18,19). The summed E-state index contributed by atoms with van der Waals surface area (Å²) in [6, 6.07) is 0. The molecular weight excluding hydrogens is 250 g/mol. The molecule has 0 aromatic carbocycles. The SMILES string of the molecule is CCNc1nc(C(C)(C)C)nc(OC(C)(C)CC)c1C. The molecule has 0 bridgehead atoms. The van der Waals surface area contributed by atoms with Gasteiger partial charge in [0.05, 0.1) is 5.56 Å². The second-order valence-corrected chi connectivity index (χ2v) is 6.82. The molecule has 0 atom stereocenters. The molecule has 0 saturated carbocycles. The van der Waals surface area contributed by atoms with E-state index < -0.39 is 0 Å². The fraction of sp³-hybridized carbons (Fsp3) is 0.750.